The van der Waals surface area contributed by atoms with Crippen LogP contribution in [0.15, 0.2) is 255 Å². The van der Waals surface area contributed by atoms with Crippen molar-refractivity contribution in [3.8, 4) is 44.8 Å². The molecule has 0 atom stereocenters. The first-order valence-electron chi connectivity index (χ1n) is 34.9. The number of rotatable bonds is 7. The Labute approximate surface area is 574 Å². The quantitative estimate of drug-likeness (QED) is 0.148. The van der Waals surface area contributed by atoms with Gasteiger partial charge in [-0.15, -0.1) is 0 Å². The maximum absolute atomic E-state index is 2.61. The van der Waals surface area contributed by atoms with Crippen LogP contribution in [0.25, 0.3) is 88.4 Å². The second-order valence-corrected chi connectivity index (χ2v) is 32.8. The van der Waals surface area contributed by atoms with E-state index in [1.54, 1.807) is 0 Å². The summed E-state index contributed by atoms with van der Waals surface area (Å²) in [4.78, 5) is 5.21. The first-order chi connectivity index (χ1) is 46.2. The molecule has 0 bridgehead atoms. The van der Waals surface area contributed by atoms with Crippen molar-refractivity contribution in [1.82, 2.24) is 9.13 Å². The zero-order valence-electron chi connectivity index (χ0n) is 59.1. The lowest BCUT2D eigenvalue weighted by Crippen LogP contribution is -2.61. The van der Waals surface area contributed by atoms with E-state index in [1.807, 2.05) is 0 Å². The summed E-state index contributed by atoms with van der Waals surface area (Å²) < 4.78 is 5.11. The second-order valence-electron chi connectivity index (χ2n) is 32.8. The third kappa shape index (κ3) is 10.5. The minimum atomic E-state index is -0.157. The molecule has 12 aromatic carbocycles. The maximum atomic E-state index is 2.61. The molecule has 0 N–H and O–H groups in total. The molecule has 0 radical (unpaired) electrons. The standard InChI is InChI=1S/C92H87BN4/c1-88(2,3)64-32-26-62(27-33-64)63-50-85-87-86(51-63)95(70-40-30-61(31-41-70)59-24-20-17-21-25-59)84-57-72(97-81-54-67(91(10,11)12)34-44-73(81)74-45-35-68(55-82(74)97)92(13,14)15)43-47-78(84)93(87)77-46-42-71(56-83(77)94(85)69-38-28-60(29-39-69)58-22-18-16-19-23-58)96-79-48-36-65(89(4,5)6)52-75(79)76-53-66(90(7,8)9)37-49-80(76)96/h16-57H,1-15H3. The highest BCUT2D eigenvalue weighted by atomic mass is 15.2. The van der Waals surface area contributed by atoms with Gasteiger partial charge in [0.25, 0.3) is 6.71 Å². The second kappa shape index (κ2) is 22.2. The average Bonchev–Trinajstić information content (AvgIpc) is 0.960. The Morgan fingerprint density at radius 1 is 0.227 bits per heavy atom. The van der Waals surface area contributed by atoms with Gasteiger partial charge in [0.15, 0.2) is 0 Å². The molecular formula is C92H87BN4. The summed E-state index contributed by atoms with van der Waals surface area (Å²) in [5.74, 6) is 0. The smallest absolute Gasteiger partial charge is 0.252 e. The van der Waals surface area contributed by atoms with Crippen LogP contribution in [-0.4, -0.2) is 15.8 Å². The molecular weight excluding hydrogens is 1170 g/mol. The van der Waals surface area contributed by atoms with E-state index in [-0.39, 0.29) is 33.8 Å². The van der Waals surface area contributed by atoms with Gasteiger partial charge in [-0.1, -0.05) is 262 Å². The first-order valence-corrected chi connectivity index (χ1v) is 34.9. The summed E-state index contributed by atoms with van der Waals surface area (Å²) in [7, 11) is 0. The van der Waals surface area contributed by atoms with Gasteiger partial charge >= 0.3 is 0 Å². The van der Waals surface area contributed by atoms with Crippen LogP contribution in [0.2, 0.25) is 0 Å². The largest absolute Gasteiger partial charge is 0.311 e. The third-order valence-corrected chi connectivity index (χ3v) is 21.1. The number of nitrogens with zero attached hydrogens (tertiary/aromatic N) is 4. The number of fused-ring (bicyclic) bond motifs is 10. The van der Waals surface area contributed by atoms with Crippen molar-refractivity contribution in [1.29, 1.82) is 0 Å². The fourth-order valence-electron chi connectivity index (χ4n) is 15.5. The van der Waals surface area contributed by atoms with Crippen LogP contribution in [0.4, 0.5) is 34.1 Å². The van der Waals surface area contributed by atoms with Crippen LogP contribution in [0.3, 0.4) is 0 Å². The fourth-order valence-corrected chi connectivity index (χ4v) is 15.5. The maximum Gasteiger partial charge on any atom is 0.252 e. The van der Waals surface area contributed by atoms with Crippen LogP contribution in [0.1, 0.15) is 132 Å². The molecule has 5 heteroatoms. The Hall–Kier alpha value is -10.1. The van der Waals surface area contributed by atoms with Crippen molar-refractivity contribution in [2.45, 2.75) is 131 Å². The molecule has 0 unspecified atom stereocenters. The number of hydrogen-bond donors (Lipinski definition) is 0. The summed E-state index contributed by atoms with van der Waals surface area (Å²) in [6.07, 6.45) is 0. The van der Waals surface area contributed by atoms with Gasteiger partial charge in [0, 0.05) is 67.0 Å². The molecule has 2 aliphatic rings. The van der Waals surface area contributed by atoms with E-state index in [2.05, 4.69) is 378 Å². The lowest BCUT2D eigenvalue weighted by Gasteiger charge is -2.44. The highest BCUT2D eigenvalue weighted by Crippen LogP contribution is 2.49. The number of aromatic nitrogens is 2. The third-order valence-electron chi connectivity index (χ3n) is 21.1. The molecule has 0 saturated heterocycles. The summed E-state index contributed by atoms with van der Waals surface area (Å²) >= 11 is 0. The van der Waals surface area contributed by atoms with E-state index in [9.17, 15) is 0 Å². The first kappa shape index (κ1) is 61.8. The molecule has 14 aromatic rings. The van der Waals surface area contributed by atoms with Crippen molar-refractivity contribution in [2.24, 2.45) is 0 Å². The van der Waals surface area contributed by atoms with Crippen LogP contribution >= 0.6 is 0 Å². The molecule has 478 valence electrons. The molecule has 4 nitrogen and oxygen atoms in total. The summed E-state index contributed by atoms with van der Waals surface area (Å²) in [5.41, 5.74) is 31.2. The normalized spacial score (nSPS) is 13.5. The molecule has 97 heavy (non-hydrogen) atoms. The predicted octanol–water partition coefficient (Wildman–Crippen LogP) is 23.5. The molecule has 0 aliphatic carbocycles. The number of benzene rings is 12. The van der Waals surface area contributed by atoms with Crippen molar-refractivity contribution >= 4 is 101 Å². The minimum Gasteiger partial charge on any atom is -0.311 e. The molecule has 2 aliphatic heterocycles. The van der Waals surface area contributed by atoms with Crippen molar-refractivity contribution in [3.05, 3.63) is 283 Å². The van der Waals surface area contributed by atoms with E-state index in [0.29, 0.717) is 0 Å². The van der Waals surface area contributed by atoms with Crippen LogP contribution in [0.5, 0.6) is 0 Å². The molecule has 0 spiro atoms. The van der Waals surface area contributed by atoms with Gasteiger partial charge in [0.2, 0.25) is 0 Å². The Balaban J connectivity index is 1.01. The van der Waals surface area contributed by atoms with Crippen LogP contribution in [0, 0.1) is 0 Å². The van der Waals surface area contributed by atoms with Crippen LogP contribution in [-0.2, 0) is 27.1 Å². The molecule has 4 heterocycles. The zero-order valence-corrected chi connectivity index (χ0v) is 59.1. The van der Waals surface area contributed by atoms with Gasteiger partial charge in [0.1, 0.15) is 0 Å². The topological polar surface area (TPSA) is 16.3 Å². The van der Waals surface area contributed by atoms with Crippen molar-refractivity contribution < 1.29 is 0 Å². The van der Waals surface area contributed by atoms with Crippen LogP contribution < -0.4 is 26.2 Å². The van der Waals surface area contributed by atoms with E-state index in [0.717, 1.165) is 51.1 Å². The van der Waals surface area contributed by atoms with E-state index >= 15 is 0 Å². The Bertz CT molecular complexity index is 5300. The molecule has 0 fully saturated rings. The lowest BCUT2D eigenvalue weighted by atomic mass is 9.33. The van der Waals surface area contributed by atoms with Gasteiger partial charge in [-0.3, -0.25) is 0 Å². The van der Waals surface area contributed by atoms with E-state index < -0.39 is 0 Å². The zero-order chi connectivity index (χ0) is 67.4. The Kier molecular flexibility index (Phi) is 14.2. The predicted molar refractivity (Wildman–Crippen MR) is 419 cm³/mol. The monoisotopic (exact) mass is 1260 g/mol. The molecule has 2 aromatic heterocycles. The summed E-state index contributed by atoms with van der Waals surface area (Å²) in [6.45, 7) is 34.7. The number of anilines is 6. The van der Waals surface area contributed by atoms with Gasteiger partial charge in [0.05, 0.1) is 22.1 Å². The van der Waals surface area contributed by atoms with Crippen molar-refractivity contribution in [3.63, 3.8) is 0 Å². The fraction of sp³-hybridized carbons (Fsp3) is 0.217. The molecule has 0 saturated carbocycles. The average molecular weight is 1260 g/mol. The Morgan fingerprint density at radius 3 is 0.938 bits per heavy atom. The highest BCUT2D eigenvalue weighted by molar-refractivity contribution is 7.00. The van der Waals surface area contributed by atoms with Gasteiger partial charge < -0.3 is 18.9 Å². The van der Waals surface area contributed by atoms with Gasteiger partial charge in [-0.25, -0.2) is 0 Å². The Morgan fingerprint density at radius 2 is 0.546 bits per heavy atom. The summed E-state index contributed by atoms with van der Waals surface area (Å²) in [5, 5.41) is 5.07. The number of hydrogen-bond acceptors (Lipinski definition) is 2. The van der Waals surface area contributed by atoms with E-state index in [4.69, 9.17) is 0 Å². The summed E-state index contributed by atoms with van der Waals surface area (Å²) in [6, 6.07) is 98.3. The molecule has 16 rings (SSSR count). The van der Waals surface area contributed by atoms with E-state index in [1.165, 1.54) is 116 Å². The minimum absolute atomic E-state index is 0.0129. The SMILES string of the molecule is CC(C)(C)c1ccc(-c2cc3c4c(c2)N(c2ccc(-c5ccccc5)cc2)c2cc(-n5c6cc(C(C)(C)C)ccc6c6ccc(C(C)(C)C)cc65)ccc2B4c2ccc(-n4c5ccc(C(C)(C)C)cc5c5cc(C(C)(C)C)ccc54)cc2N3c2ccc(-c3ccccc3)cc2)cc1. The highest BCUT2D eigenvalue weighted by Gasteiger charge is 2.44. The van der Waals surface area contributed by atoms with Crippen molar-refractivity contribution in [2.75, 3.05) is 9.80 Å². The molecule has 0 amide bonds. The van der Waals surface area contributed by atoms with Gasteiger partial charge in [-0.05, 0) is 202 Å². The van der Waals surface area contributed by atoms with Gasteiger partial charge in [-0.2, -0.15) is 0 Å². The lowest BCUT2D eigenvalue weighted by molar-refractivity contribution is 0.590.